The molecule has 0 fully saturated rings. The van der Waals surface area contributed by atoms with Gasteiger partial charge < -0.3 is 19.7 Å². The van der Waals surface area contributed by atoms with E-state index in [9.17, 15) is 18.0 Å². The van der Waals surface area contributed by atoms with Crippen molar-refractivity contribution in [1.82, 2.24) is 10.2 Å². The highest BCUT2D eigenvalue weighted by Crippen LogP contribution is 2.36. The molecule has 12 heteroatoms. The predicted molar refractivity (Wildman–Crippen MR) is 144 cm³/mol. The highest BCUT2D eigenvalue weighted by Gasteiger charge is 2.32. The average molecular weight is 573 g/mol. The SMILES string of the molecule is CCS(=O)(=O)N(CC(=O)N(Cc1ccc(Cl)c(Cl)c1)C(C)C(=O)NCC(C)C)c1ccc2c(c1)OCO2. The molecule has 9 nitrogen and oxygen atoms in total. The summed E-state index contributed by atoms with van der Waals surface area (Å²) in [5.74, 6) is -0.0584. The van der Waals surface area contributed by atoms with E-state index in [-0.39, 0.29) is 36.6 Å². The third-order valence-electron chi connectivity index (χ3n) is 5.81. The molecule has 0 spiro atoms. The Morgan fingerprint density at radius 1 is 1.03 bits per heavy atom. The Hall–Kier alpha value is -2.69. The monoisotopic (exact) mass is 571 g/mol. The fraction of sp³-hybridized carbons (Fsp3) is 0.440. The number of anilines is 1. The number of benzene rings is 2. The first-order valence-corrected chi connectivity index (χ1v) is 14.2. The number of ether oxygens (including phenoxy) is 2. The summed E-state index contributed by atoms with van der Waals surface area (Å²) in [6.45, 7) is 6.99. The normalized spacial score (nSPS) is 13.4. The molecule has 2 aromatic rings. The lowest BCUT2D eigenvalue weighted by atomic mass is 10.1. The van der Waals surface area contributed by atoms with Crippen LogP contribution in [0.1, 0.15) is 33.3 Å². The number of fused-ring (bicyclic) bond motifs is 1. The molecular formula is C25H31Cl2N3O6S. The molecule has 0 aliphatic carbocycles. The highest BCUT2D eigenvalue weighted by molar-refractivity contribution is 7.92. The maximum Gasteiger partial charge on any atom is 0.244 e. The zero-order valence-electron chi connectivity index (χ0n) is 21.2. The van der Waals surface area contributed by atoms with Gasteiger partial charge in [0.05, 0.1) is 21.5 Å². The van der Waals surface area contributed by atoms with Crippen molar-refractivity contribution in [3.8, 4) is 11.5 Å². The molecule has 0 saturated carbocycles. The standard InChI is InChI=1S/C25H31Cl2N3O6S/c1-5-37(33,34)30(19-7-9-22-23(11-19)36-15-35-22)14-24(31)29(17(4)25(32)28-12-16(2)3)13-18-6-8-20(26)21(27)10-18/h6-11,16-17H,5,12-15H2,1-4H3,(H,28,32). The number of nitrogens with zero attached hydrogens (tertiary/aromatic N) is 2. The molecule has 0 bridgehead atoms. The van der Waals surface area contributed by atoms with Crippen LogP contribution in [0, 0.1) is 5.92 Å². The summed E-state index contributed by atoms with van der Waals surface area (Å²) in [6.07, 6.45) is 0. The van der Waals surface area contributed by atoms with Crippen molar-refractivity contribution < 1.29 is 27.5 Å². The fourth-order valence-corrected chi connectivity index (χ4v) is 5.00. The molecule has 202 valence electrons. The molecule has 1 heterocycles. The van der Waals surface area contributed by atoms with Gasteiger partial charge in [-0.25, -0.2) is 8.42 Å². The Morgan fingerprint density at radius 2 is 1.73 bits per heavy atom. The van der Waals surface area contributed by atoms with Crippen molar-refractivity contribution in [2.75, 3.05) is 29.9 Å². The van der Waals surface area contributed by atoms with E-state index in [4.69, 9.17) is 32.7 Å². The van der Waals surface area contributed by atoms with E-state index in [1.165, 1.54) is 17.9 Å². The minimum absolute atomic E-state index is 0.0210. The molecule has 2 amide bonds. The van der Waals surface area contributed by atoms with Crippen molar-refractivity contribution >= 4 is 50.7 Å². The molecule has 2 aromatic carbocycles. The molecule has 1 N–H and O–H groups in total. The first-order chi connectivity index (χ1) is 17.4. The van der Waals surface area contributed by atoms with Crippen LogP contribution >= 0.6 is 23.2 Å². The van der Waals surface area contributed by atoms with Gasteiger partial charge in [-0.3, -0.25) is 13.9 Å². The van der Waals surface area contributed by atoms with Crippen LogP contribution in [0.25, 0.3) is 0 Å². The summed E-state index contributed by atoms with van der Waals surface area (Å²) in [5.41, 5.74) is 0.894. The van der Waals surface area contributed by atoms with Crippen molar-refractivity contribution in [2.45, 2.75) is 40.3 Å². The minimum Gasteiger partial charge on any atom is -0.454 e. The molecule has 1 atom stereocenters. The van der Waals surface area contributed by atoms with Crippen LogP contribution in [-0.4, -0.2) is 56.8 Å². The van der Waals surface area contributed by atoms with Crippen LogP contribution in [0.5, 0.6) is 11.5 Å². The number of rotatable bonds is 11. The molecular weight excluding hydrogens is 541 g/mol. The van der Waals surface area contributed by atoms with Gasteiger partial charge in [-0.2, -0.15) is 0 Å². The Bertz CT molecular complexity index is 1250. The Kier molecular flexibility index (Phi) is 9.55. The lowest BCUT2D eigenvalue weighted by molar-refractivity contribution is -0.139. The van der Waals surface area contributed by atoms with E-state index < -0.39 is 28.5 Å². The first-order valence-electron chi connectivity index (χ1n) is 11.8. The second kappa shape index (κ2) is 12.2. The van der Waals surface area contributed by atoms with E-state index in [1.807, 2.05) is 13.8 Å². The van der Waals surface area contributed by atoms with Gasteiger partial charge >= 0.3 is 0 Å². The second-order valence-corrected chi connectivity index (χ2v) is 12.0. The highest BCUT2D eigenvalue weighted by atomic mass is 35.5. The van der Waals surface area contributed by atoms with Gasteiger partial charge in [0, 0.05) is 19.2 Å². The maximum absolute atomic E-state index is 13.7. The minimum atomic E-state index is -3.86. The van der Waals surface area contributed by atoms with Crippen molar-refractivity contribution in [3.05, 3.63) is 52.0 Å². The van der Waals surface area contributed by atoms with Crippen molar-refractivity contribution in [3.63, 3.8) is 0 Å². The van der Waals surface area contributed by atoms with Gasteiger partial charge in [-0.15, -0.1) is 0 Å². The third kappa shape index (κ3) is 7.21. The molecule has 1 unspecified atom stereocenters. The molecule has 37 heavy (non-hydrogen) atoms. The lowest BCUT2D eigenvalue weighted by Gasteiger charge is -2.32. The molecule has 3 rings (SSSR count). The number of hydrogen-bond donors (Lipinski definition) is 1. The summed E-state index contributed by atoms with van der Waals surface area (Å²) >= 11 is 12.2. The number of nitrogens with one attached hydrogen (secondary N) is 1. The summed E-state index contributed by atoms with van der Waals surface area (Å²) in [5, 5.41) is 3.50. The fourth-order valence-electron chi connectivity index (χ4n) is 3.63. The predicted octanol–water partition coefficient (Wildman–Crippen LogP) is 4.07. The summed E-state index contributed by atoms with van der Waals surface area (Å²) in [7, 11) is -3.86. The van der Waals surface area contributed by atoms with Crippen LogP contribution in [0.2, 0.25) is 10.0 Å². The van der Waals surface area contributed by atoms with Crippen LogP contribution in [-0.2, 0) is 26.2 Å². The summed E-state index contributed by atoms with van der Waals surface area (Å²) < 4.78 is 37.8. The maximum atomic E-state index is 13.7. The van der Waals surface area contributed by atoms with E-state index >= 15 is 0 Å². The molecule has 1 aliphatic heterocycles. The van der Waals surface area contributed by atoms with Gasteiger partial charge in [0.2, 0.25) is 28.6 Å². The van der Waals surface area contributed by atoms with Gasteiger partial charge in [-0.05, 0) is 49.6 Å². The Labute approximate surface area is 227 Å². The smallest absolute Gasteiger partial charge is 0.244 e. The van der Waals surface area contributed by atoms with Crippen LogP contribution < -0.4 is 19.1 Å². The first kappa shape index (κ1) is 28.9. The quantitative estimate of drug-likeness (QED) is 0.436. The number of carbonyl (C=O) groups excluding carboxylic acids is 2. The lowest BCUT2D eigenvalue weighted by Crippen LogP contribution is -2.51. The largest absolute Gasteiger partial charge is 0.454 e. The van der Waals surface area contributed by atoms with Crippen LogP contribution in [0.3, 0.4) is 0 Å². The number of sulfonamides is 1. The van der Waals surface area contributed by atoms with E-state index in [2.05, 4.69) is 5.32 Å². The average Bonchev–Trinajstić information content (AvgIpc) is 3.33. The number of amides is 2. The van der Waals surface area contributed by atoms with Crippen LogP contribution in [0.4, 0.5) is 5.69 Å². The van der Waals surface area contributed by atoms with E-state index in [0.717, 1.165) is 4.31 Å². The van der Waals surface area contributed by atoms with E-state index in [1.54, 1.807) is 37.3 Å². The van der Waals surface area contributed by atoms with Gasteiger partial charge in [0.1, 0.15) is 12.6 Å². The Morgan fingerprint density at radius 3 is 2.38 bits per heavy atom. The molecule has 1 aliphatic rings. The summed E-state index contributed by atoms with van der Waals surface area (Å²) in [6, 6.07) is 8.69. The molecule has 0 saturated heterocycles. The van der Waals surface area contributed by atoms with Gasteiger partial charge in [-0.1, -0.05) is 43.1 Å². The Balaban J connectivity index is 1.94. The molecule has 0 aromatic heterocycles. The van der Waals surface area contributed by atoms with Gasteiger partial charge in [0.15, 0.2) is 11.5 Å². The molecule has 0 radical (unpaired) electrons. The second-order valence-electron chi connectivity index (χ2n) is 9.03. The zero-order chi connectivity index (χ0) is 27.3. The topological polar surface area (TPSA) is 105 Å². The van der Waals surface area contributed by atoms with E-state index in [0.29, 0.717) is 33.7 Å². The van der Waals surface area contributed by atoms with Crippen molar-refractivity contribution in [2.24, 2.45) is 5.92 Å². The van der Waals surface area contributed by atoms with Crippen molar-refractivity contribution in [1.29, 1.82) is 0 Å². The zero-order valence-corrected chi connectivity index (χ0v) is 23.5. The van der Waals surface area contributed by atoms with Gasteiger partial charge in [0.25, 0.3) is 0 Å². The number of carbonyl (C=O) groups is 2. The summed E-state index contributed by atoms with van der Waals surface area (Å²) in [4.78, 5) is 27.9. The van der Waals surface area contributed by atoms with Crippen LogP contribution in [0.15, 0.2) is 36.4 Å². The number of halogens is 2. The third-order valence-corrected chi connectivity index (χ3v) is 8.29. The number of hydrogen-bond acceptors (Lipinski definition) is 6.